The molecule has 1 fully saturated rings. The smallest absolute Gasteiger partial charge is 0.242 e. The van der Waals surface area contributed by atoms with Crippen molar-refractivity contribution in [3.63, 3.8) is 0 Å². The van der Waals surface area contributed by atoms with Crippen LogP contribution in [0.25, 0.3) is 0 Å². The lowest BCUT2D eigenvalue weighted by Crippen LogP contribution is -2.50. The molecule has 0 heterocycles. The Balaban J connectivity index is 1.65. The maximum atomic E-state index is 13.1. The number of carbonyl (C=O) groups is 2. The molecule has 0 aromatic heterocycles. The van der Waals surface area contributed by atoms with E-state index in [-0.39, 0.29) is 29.4 Å². The molecule has 2 aromatic carbocycles. The lowest BCUT2D eigenvalue weighted by Gasteiger charge is -2.30. The molecule has 1 N–H and O–H groups in total. The Morgan fingerprint density at radius 2 is 1.84 bits per heavy atom. The summed E-state index contributed by atoms with van der Waals surface area (Å²) in [4.78, 5) is 27.7. The molecule has 2 aromatic rings. The van der Waals surface area contributed by atoms with Crippen LogP contribution in [-0.2, 0) is 21.9 Å². The minimum atomic E-state index is -0.542. The molecule has 4 nitrogen and oxygen atoms in total. The molecule has 0 unspecified atom stereocenters. The molecule has 0 spiro atoms. The summed E-state index contributed by atoms with van der Waals surface area (Å²) in [5.41, 5.74) is 3.10. The topological polar surface area (TPSA) is 49.4 Å². The van der Waals surface area contributed by atoms with Gasteiger partial charge in [-0.1, -0.05) is 54.8 Å². The standard InChI is InChI=1S/C25H31FN2O2S/c1-18-6-5-7-21(14-18)15-28(19(2)25(30)27-23-8-3-4-9-23)24(29)17-31-16-20-10-12-22(26)13-11-20/h5-7,10-14,19,23H,3-4,8-9,15-17H2,1-2H3,(H,27,30)/t19-/m0/s1. The predicted molar refractivity (Wildman–Crippen MR) is 124 cm³/mol. The van der Waals surface area contributed by atoms with Gasteiger partial charge in [-0.3, -0.25) is 9.59 Å². The third-order valence-corrected chi connectivity index (χ3v) is 6.70. The van der Waals surface area contributed by atoms with Crippen molar-refractivity contribution in [2.24, 2.45) is 0 Å². The van der Waals surface area contributed by atoms with E-state index in [0.717, 1.165) is 42.4 Å². The van der Waals surface area contributed by atoms with E-state index in [4.69, 9.17) is 0 Å². The fourth-order valence-corrected chi connectivity index (χ4v) is 4.77. The highest BCUT2D eigenvalue weighted by Crippen LogP contribution is 2.20. The average molecular weight is 443 g/mol. The maximum absolute atomic E-state index is 13.1. The average Bonchev–Trinajstić information content (AvgIpc) is 3.26. The fraction of sp³-hybridized carbons (Fsp3) is 0.440. The summed E-state index contributed by atoms with van der Waals surface area (Å²) in [7, 11) is 0. The van der Waals surface area contributed by atoms with Crippen LogP contribution < -0.4 is 5.32 Å². The summed E-state index contributed by atoms with van der Waals surface area (Å²) in [6.07, 6.45) is 4.31. The lowest BCUT2D eigenvalue weighted by molar-refractivity contribution is -0.138. The summed E-state index contributed by atoms with van der Waals surface area (Å²) < 4.78 is 13.1. The molecule has 166 valence electrons. The molecule has 3 rings (SSSR count). The monoisotopic (exact) mass is 442 g/mol. The second-order valence-electron chi connectivity index (χ2n) is 8.30. The van der Waals surface area contributed by atoms with Crippen molar-refractivity contribution in [1.29, 1.82) is 0 Å². The number of carbonyl (C=O) groups excluding carboxylic acids is 2. The molecule has 1 saturated carbocycles. The first-order valence-electron chi connectivity index (χ1n) is 10.9. The predicted octanol–water partition coefficient (Wildman–Crippen LogP) is 4.84. The van der Waals surface area contributed by atoms with Gasteiger partial charge in [0.2, 0.25) is 11.8 Å². The molecular formula is C25H31FN2O2S. The van der Waals surface area contributed by atoms with E-state index in [1.54, 1.807) is 17.0 Å². The van der Waals surface area contributed by atoms with Crippen LogP contribution in [0.15, 0.2) is 48.5 Å². The number of nitrogens with one attached hydrogen (secondary N) is 1. The zero-order valence-electron chi connectivity index (χ0n) is 18.3. The molecule has 0 radical (unpaired) electrons. The summed E-state index contributed by atoms with van der Waals surface area (Å²) in [5.74, 6) is 0.465. The van der Waals surface area contributed by atoms with Crippen molar-refractivity contribution in [2.45, 2.75) is 63.9 Å². The Morgan fingerprint density at radius 1 is 1.13 bits per heavy atom. The fourth-order valence-electron chi connectivity index (χ4n) is 3.90. The van der Waals surface area contributed by atoms with Gasteiger partial charge in [0.15, 0.2) is 0 Å². The number of amides is 2. The Hall–Kier alpha value is -2.34. The Kier molecular flexibility index (Phi) is 8.52. The molecule has 1 aliphatic carbocycles. The maximum Gasteiger partial charge on any atom is 0.242 e. The normalized spacial score (nSPS) is 14.9. The highest BCUT2D eigenvalue weighted by molar-refractivity contribution is 7.99. The molecule has 0 aliphatic heterocycles. The number of hydrogen-bond acceptors (Lipinski definition) is 3. The second-order valence-corrected chi connectivity index (χ2v) is 9.28. The third kappa shape index (κ3) is 7.10. The quantitative estimate of drug-likeness (QED) is 0.604. The van der Waals surface area contributed by atoms with Gasteiger partial charge in [0.05, 0.1) is 5.75 Å². The number of thioether (sulfide) groups is 1. The van der Waals surface area contributed by atoms with Crippen LogP contribution in [0.1, 0.15) is 49.3 Å². The van der Waals surface area contributed by atoms with Gasteiger partial charge >= 0.3 is 0 Å². The van der Waals surface area contributed by atoms with Gasteiger partial charge in [-0.25, -0.2) is 4.39 Å². The molecule has 6 heteroatoms. The van der Waals surface area contributed by atoms with Crippen molar-refractivity contribution >= 4 is 23.6 Å². The number of hydrogen-bond donors (Lipinski definition) is 1. The summed E-state index contributed by atoms with van der Waals surface area (Å²) >= 11 is 1.48. The summed E-state index contributed by atoms with van der Waals surface area (Å²) in [6, 6.07) is 14.0. The molecule has 1 aliphatic rings. The first-order valence-corrected chi connectivity index (χ1v) is 12.1. The van der Waals surface area contributed by atoms with E-state index in [2.05, 4.69) is 5.32 Å². The van der Waals surface area contributed by atoms with Crippen LogP contribution in [0.5, 0.6) is 0 Å². The molecule has 1 atom stereocenters. The Labute approximate surface area is 188 Å². The van der Waals surface area contributed by atoms with Crippen LogP contribution in [0.4, 0.5) is 4.39 Å². The van der Waals surface area contributed by atoms with Crippen LogP contribution in [0.2, 0.25) is 0 Å². The number of aryl methyl sites for hydroxylation is 1. The van der Waals surface area contributed by atoms with Gasteiger partial charge in [-0.2, -0.15) is 0 Å². The van der Waals surface area contributed by atoms with Crippen LogP contribution in [0, 0.1) is 12.7 Å². The van der Waals surface area contributed by atoms with E-state index < -0.39 is 6.04 Å². The van der Waals surface area contributed by atoms with Crippen molar-refractivity contribution in [1.82, 2.24) is 10.2 Å². The van der Waals surface area contributed by atoms with Crippen LogP contribution in [-0.4, -0.2) is 34.6 Å². The van der Waals surface area contributed by atoms with Crippen molar-refractivity contribution in [3.05, 3.63) is 71.0 Å². The van der Waals surface area contributed by atoms with E-state index in [9.17, 15) is 14.0 Å². The van der Waals surface area contributed by atoms with Crippen molar-refractivity contribution < 1.29 is 14.0 Å². The zero-order valence-corrected chi connectivity index (χ0v) is 19.1. The number of rotatable bonds is 9. The molecule has 0 bridgehead atoms. The van der Waals surface area contributed by atoms with Crippen LogP contribution in [0.3, 0.4) is 0 Å². The zero-order chi connectivity index (χ0) is 22.2. The van der Waals surface area contributed by atoms with Gasteiger partial charge in [0.1, 0.15) is 11.9 Å². The second kappa shape index (κ2) is 11.3. The first-order chi connectivity index (χ1) is 14.9. The summed E-state index contributed by atoms with van der Waals surface area (Å²) in [5, 5.41) is 3.12. The largest absolute Gasteiger partial charge is 0.352 e. The molecular weight excluding hydrogens is 411 g/mol. The van der Waals surface area contributed by atoms with Gasteiger partial charge in [0.25, 0.3) is 0 Å². The molecule has 0 saturated heterocycles. The minimum Gasteiger partial charge on any atom is -0.352 e. The van der Waals surface area contributed by atoms with Crippen molar-refractivity contribution in [3.8, 4) is 0 Å². The van der Waals surface area contributed by atoms with Gasteiger partial charge in [-0.05, 0) is 49.9 Å². The number of nitrogens with zero attached hydrogens (tertiary/aromatic N) is 1. The van der Waals surface area contributed by atoms with E-state index >= 15 is 0 Å². The van der Waals surface area contributed by atoms with Gasteiger partial charge < -0.3 is 10.2 Å². The number of halogens is 1. The first kappa shape index (κ1) is 23.3. The minimum absolute atomic E-state index is 0.0670. The lowest BCUT2D eigenvalue weighted by atomic mass is 10.1. The molecule has 31 heavy (non-hydrogen) atoms. The SMILES string of the molecule is Cc1cccc(CN(C(=O)CSCc2ccc(F)cc2)[C@@H](C)C(=O)NC2CCCC2)c1. The van der Waals surface area contributed by atoms with Gasteiger partial charge in [0, 0.05) is 18.3 Å². The third-order valence-electron chi connectivity index (χ3n) is 5.71. The molecule has 2 amide bonds. The number of benzene rings is 2. The van der Waals surface area contributed by atoms with Crippen molar-refractivity contribution in [2.75, 3.05) is 5.75 Å². The highest BCUT2D eigenvalue weighted by Gasteiger charge is 2.28. The van der Waals surface area contributed by atoms with E-state index in [1.165, 1.54) is 23.9 Å². The van der Waals surface area contributed by atoms with E-state index in [1.807, 2.05) is 38.1 Å². The summed E-state index contributed by atoms with van der Waals surface area (Å²) in [6.45, 7) is 4.23. The Morgan fingerprint density at radius 3 is 2.52 bits per heavy atom. The van der Waals surface area contributed by atoms with Gasteiger partial charge in [-0.15, -0.1) is 11.8 Å². The Bertz CT molecular complexity index is 881. The van der Waals surface area contributed by atoms with E-state index in [0.29, 0.717) is 12.3 Å². The van der Waals surface area contributed by atoms with Crippen LogP contribution >= 0.6 is 11.8 Å². The highest BCUT2D eigenvalue weighted by atomic mass is 32.2.